The maximum absolute atomic E-state index is 13.5. The highest BCUT2D eigenvalue weighted by Gasteiger charge is 2.58. The van der Waals surface area contributed by atoms with Crippen molar-refractivity contribution in [3.63, 3.8) is 0 Å². The number of alkyl halides is 8. The van der Waals surface area contributed by atoms with Crippen molar-refractivity contribution >= 4 is 29.1 Å². The molecule has 1 aromatic rings. The van der Waals surface area contributed by atoms with Crippen molar-refractivity contribution in [1.82, 2.24) is 10.6 Å². The Morgan fingerprint density at radius 1 is 1.11 bits per heavy atom. The Kier molecular flexibility index (Phi) is 7.54. The van der Waals surface area contributed by atoms with Crippen LogP contribution in [0, 0.1) is 5.82 Å². The van der Waals surface area contributed by atoms with E-state index in [-0.39, 0.29) is 5.69 Å². The Hall–Kier alpha value is -3.24. The van der Waals surface area contributed by atoms with E-state index in [0.717, 1.165) is 17.4 Å². The Bertz CT molecular complexity index is 995. The number of fused-ring (bicyclic) bond motifs is 1. The highest BCUT2D eigenvalue weighted by atomic mass is 19.4. The largest absolute Gasteiger partial charge is 0.455 e. The SMILES string of the molecule is C[C@](O)(C(=O)NCC(F)(F)C(F)(F)F)C(=O)N[C@@H]1CN(CC(F)(F)F)c2ccc(F)cc2NC1=O. The molecule has 0 spiro atoms. The Morgan fingerprint density at radius 3 is 2.26 bits per heavy atom. The molecular formula is C18H17F9N4O4. The van der Waals surface area contributed by atoms with E-state index in [4.69, 9.17) is 0 Å². The van der Waals surface area contributed by atoms with Gasteiger partial charge in [0.25, 0.3) is 11.8 Å². The van der Waals surface area contributed by atoms with E-state index >= 15 is 0 Å². The summed E-state index contributed by atoms with van der Waals surface area (Å²) in [7, 11) is 0. The molecule has 1 aliphatic heterocycles. The molecule has 1 aromatic carbocycles. The Balaban J connectivity index is 2.22. The maximum atomic E-state index is 13.5. The van der Waals surface area contributed by atoms with Gasteiger partial charge in [-0.1, -0.05) is 0 Å². The van der Waals surface area contributed by atoms with E-state index in [1.807, 2.05) is 0 Å². The predicted octanol–water partition coefficient (Wildman–Crippen LogP) is 1.70. The fraction of sp³-hybridized carbons (Fsp3) is 0.500. The topological polar surface area (TPSA) is 111 Å². The number of rotatable bonds is 6. The summed E-state index contributed by atoms with van der Waals surface area (Å²) in [5.74, 6) is -11.3. The number of amides is 3. The van der Waals surface area contributed by atoms with Gasteiger partial charge in [0.1, 0.15) is 18.4 Å². The van der Waals surface area contributed by atoms with Gasteiger partial charge in [-0.15, -0.1) is 0 Å². The van der Waals surface area contributed by atoms with Gasteiger partial charge in [-0.05, 0) is 25.1 Å². The summed E-state index contributed by atoms with van der Waals surface area (Å²) in [6, 6.07) is 0.520. The fourth-order valence-electron chi connectivity index (χ4n) is 2.85. The molecule has 0 saturated carbocycles. The van der Waals surface area contributed by atoms with Crippen molar-refractivity contribution in [3.8, 4) is 0 Å². The monoisotopic (exact) mass is 524 g/mol. The zero-order valence-corrected chi connectivity index (χ0v) is 17.5. The summed E-state index contributed by atoms with van der Waals surface area (Å²) in [4.78, 5) is 37.2. The fourth-order valence-corrected chi connectivity index (χ4v) is 2.85. The minimum absolute atomic E-state index is 0.285. The van der Waals surface area contributed by atoms with E-state index in [9.17, 15) is 59.0 Å². The zero-order valence-electron chi connectivity index (χ0n) is 17.5. The van der Waals surface area contributed by atoms with Gasteiger partial charge in [-0.2, -0.15) is 35.1 Å². The molecule has 2 atom stereocenters. The first-order valence-electron chi connectivity index (χ1n) is 9.43. The van der Waals surface area contributed by atoms with Crippen molar-refractivity contribution in [3.05, 3.63) is 24.0 Å². The Morgan fingerprint density at radius 2 is 1.71 bits per heavy atom. The molecule has 1 aliphatic rings. The summed E-state index contributed by atoms with van der Waals surface area (Å²) >= 11 is 0. The van der Waals surface area contributed by atoms with Crippen LogP contribution in [0.4, 0.5) is 50.9 Å². The van der Waals surface area contributed by atoms with Crippen LogP contribution in [0.5, 0.6) is 0 Å². The molecule has 4 N–H and O–H groups in total. The van der Waals surface area contributed by atoms with Crippen LogP contribution in [-0.2, 0) is 14.4 Å². The summed E-state index contributed by atoms with van der Waals surface area (Å²) in [5, 5.41) is 14.9. The lowest BCUT2D eigenvalue weighted by molar-refractivity contribution is -0.278. The molecule has 2 rings (SSSR count). The van der Waals surface area contributed by atoms with Crippen LogP contribution in [-0.4, -0.2) is 72.4 Å². The number of aliphatic hydroxyl groups is 1. The molecule has 0 saturated heterocycles. The third kappa shape index (κ3) is 6.67. The summed E-state index contributed by atoms with van der Waals surface area (Å²) in [6.07, 6.45) is -10.9. The number of hydrogen-bond acceptors (Lipinski definition) is 5. The third-order valence-corrected chi connectivity index (χ3v) is 4.72. The summed E-state index contributed by atoms with van der Waals surface area (Å²) < 4.78 is 115. The van der Waals surface area contributed by atoms with Crippen molar-refractivity contribution in [2.45, 2.75) is 36.8 Å². The van der Waals surface area contributed by atoms with Crippen LogP contribution in [0.3, 0.4) is 0 Å². The maximum Gasteiger partial charge on any atom is 0.455 e. The quantitative estimate of drug-likeness (QED) is 0.335. The van der Waals surface area contributed by atoms with Crippen LogP contribution in [0.15, 0.2) is 18.2 Å². The molecule has 0 fully saturated rings. The van der Waals surface area contributed by atoms with Crippen LogP contribution in [0.2, 0.25) is 0 Å². The number of carbonyl (C=O) groups excluding carboxylic acids is 3. The molecule has 3 amide bonds. The molecule has 0 aliphatic carbocycles. The molecule has 1 heterocycles. The third-order valence-electron chi connectivity index (χ3n) is 4.72. The van der Waals surface area contributed by atoms with Gasteiger partial charge in [0.15, 0.2) is 0 Å². The summed E-state index contributed by atoms with van der Waals surface area (Å²) in [6.45, 7) is -4.51. The standard InChI is InChI=1S/C18H17F9N4O4/c1-15(35,13(33)28-6-16(20,21)18(25,26)27)14(34)30-10-5-31(7-17(22,23)24)11-3-2-8(19)4-9(11)29-12(10)32/h2-4,10,35H,5-7H2,1H3,(H,28,33)(H,29,32)(H,30,34)/t10-,15+/m1/s1. The first-order chi connectivity index (χ1) is 15.7. The second-order valence-electron chi connectivity index (χ2n) is 7.63. The van der Waals surface area contributed by atoms with Crippen molar-refractivity contribution < 1.29 is 59.0 Å². The Labute approximate surface area is 190 Å². The van der Waals surface area contributed by atoms with Crippen LogP contribution < -0.4 is 20.9 Å². The van der Waals surface area contributed by atoms with E-state index in [2.05, 4.69) is 5.32 Å². The average Bonchev–Trinajstić information content (AvgIpc) is 2.80. The van der Waals surface area contributed by atoms with Gasteiger partial charge in [-0.3, -0.25) is 14.4 Å². The number of benzene rings is 1. The van der Waals surface area contributed by atoms with E-state index < -0.39 is 78.8 Å². The van der Waals surface area contributed by atoms with Crippen molar-refractivity contribution in [2.24, 2.45) is 0 Å². The highest BCUT2D eigenvalue weighted by molar-refractivity contribution is 6.10. The molecule has 0 bridgehead atoms. The number of carbonyl (C=O) groups is 3. The molecule has 196 valence electrons. The van der Waals surface area contributed by atoms with E-state index in [1.54, 1.807) is 5.32 Å². The molecule has 35 heavy (non-hydrogen) atoms. The van der Waals surface area contributed by atoms with Crippen molar-refractivity contribution in [2.75, 3.05) is 29.9 Å². The molecule has 0 radical (unpaired) electrons. The van der Waals surface area contributed by atoms with Gasteiger partial charge in [0, 0.05) is 6.54 Å². The number of nitrogens with one attached hydrogen (secondary N) is 3. The molecule has 17 heteroatoms. The molecule has 0 aromatic heterocycles. The van der Waals surface area contributed by atoms with Gasteiger partial charge in [0.2, 0.25) is 11.5 Å². The van der Waals surface area contributed by atoms with Crippen LogP contribution in [0.25, 0.3) is 0 Å². The lowest BCUT2D eigenvalue weighted by Crippen LogP contribution is -2.61. The second kappa shape index (κ2) is 9.43. The lowest BCUT2D eigenvalue weighted by atomic mass is 10.0. The first-order valence-corrected chi connectivity index (χ1v) is 9.43. The minimum atomic E-state index is -6.05. The van der Waals surface area contributed by atoms with Gasteiger partial charge < -0.3 is 26.0 Å². The molecule has 8 nitrogen and oxygen atoms in total. The molecule has 0 unspecified atom stereocenters. The van der Waals surface area contributed by atoms with Crippen LogP contribution in [0.1, 0.15) is 6.92 Å². The highest BCUT2D eigenvalue weighted by Crippen LogP contribution is 2.35. The number of nitrogens with zero attached hydrogens (tertiary/aromatic N) is 1. The number of hydrogen-bond donors (Lipinski definition) is 4. The first kappa shape index (κ1) is 28.0. The summed E-state index contributed by atoms with van der Waals surface area (Å²) in [5.41, 5.74) is -4.00. The predicted molar refractivity (Wildman–Crippen MR) is 99.9 cm³/mol. The van der Waals surface area contributed by atoms with Gasteiger partial charge in [-0.25, -0.2) is 4.39 Å². The smallest absolute Gasteiger partial charge is 0.372 e. The second-order valence-corrected chi connectivity index (χ2v) is 7.63. The van der Waals surface area contributed by atoms with E-state index in [1.165, 1.54) is 0 Å². The van der Waals surface area contributed by atoms with E-state index in [0.29, 0.717) is 17.9 Å². The van der Waals surface area contributed by atoms with Gasteiger partial charge in [0.05, 0.1) is 17.9 Å². The average molecular weight is 524 g/mol. The number of anilines is 2. The molecular weight excluding hydrogens is 507 g/mol. The normalized spacial score (nSPS) is 18.7. The number of halogens is 9. The van der Waals surface area contributed by atoms with Gasteiger partial charge >= 0.3 is 18.3 Å². The van der Waals surface area contributed by atoms with Crippen molar-refractivity contribution in [1.29, 1.82) is 0 Å². The zero-order chi connectivity index (χ0) is 27.0. The van der Waals surface area contributed by atoms with Crippen LogP contribution >= 0.6 is 0 Å². The minimum Gasteiger partial charge on any atom is -0.372 e. The lowest BCUT2D eigenvalue weighted by Gasteiger charge is -2.29.